The van der Waals surface area contributed by atoms with Gasteiger partial charge in [-0.25, -0.2) is 0 Å². The molecule has 1 N–H and O–H groups in total. The summed E-state index contributed by atoms with van der Waals surface area (Å²) in [5.74, 6) is 0.649. The van der Waals surface area contributed by atoms with Crippen LogP contribution in [0.1, 0.15) is 24.1 Å². The highest BCUT2D eigenvalue weighted by molar-refractivity contribution is 7.71. The number of aryl methyl sites for hydroxylation is 1. The van der Waals surface area contributed by atoms with Crippen LogP contribution < -0.4 is 0 Å². The Labute approximate surface area is 158 Å². The van der Waals surface area contributed by atoms with Gasteiger partial charge >= 0.3 is 0 Å². The molecule has 0 unspecified atom stereocenters. The van der Waals surface area contributed by atoms with Crippen molar-refractivity contribution >= 4 is 18.1 Å². The monoisotopic (exact) mass is 366 g/mol. The normalized spacial score (nSPS) is 12.0. The zero-order valence-corrected chi connectivity index (χ0v) is 16.0. The number of rotatable bonds is 5. The van der Waals surface area contributed by atoms with Crippen LogP contribution in [0.5, 0.6) is 0 Å². The highest BCUT2D eigenvalue weighted by atomic mass is 32.1. The van der Waals surface area contributed by atoms with Crippen molar-refractivity contribution in [1.82, 2.24) is 19.7 Å². The molecule has 3 rings (SSSR count). The summed E-state index contributed by atoms with van der Waals surface area (Å²) >= 11 is 5.34. The van der Waals surface area contributed by atoms with Crippen molar-refractivity contribution in [3.63, 3.8) is 0 Å². The largest absolute Gasteiger partial charge is 0.337 e. The lowest BCUT2D eigenvalue weighted by molar-refractivity contribution is -0.132. The Morgan fingerprint density at radius 1 is 1.19 bits per heavy atom. The zero-order chi connectivity index (χ0) is 18.7. The molecule has 0 aliphatic rings. The number of aromatic nitrogens is 3. The van der Waals surface area contributed by atoms with Crippen LogP contribution in [0, 0.1) is 11.7 Å². The number of H-pyrrole nitrogens is 1. The first-order valence-corrected chi connectivity index (χ1v) is 8.91. The van der Waals surface area contributed by atoms with Crippen molar-refractivity contribution in [1.29, 1.82) is 0 Å². The van der Waals surface area contributed by atoms with Crippen LogP contribution in [0.3, 0.4) is 0 Å². The van der Waals surface area contributed by atoms with Crippen LogP contribution in [0.4, 0.5) is 0 Å². The molecule has 1 heterocycles. The standard InChI is InChI=1S/C20H22N4OS/c1-14-9-11-17(12-10-14)19-21-22-20(26)24(19)13-18(25)23(3)15(2)16-7-5-4-6-8-16/h4-12,15H,13H2,1-3H3,(H,22,26)/t15-/m1/s1. The summed E-state index contributed by atoms with van der Waals surface area (Å²) in [6.45, 7) is 4.19. The highest BCUT2D eigenvalue weighted by Crippen LogP contribution is 2.21. The number of nitrogens with one attached hydrogen (secondary N) is 1. The number of amides is 1. The minimum atomic E-state index is -0.0211. The van der Waals surface area contributed by atoms with Crippen molar-refractivity contribution in [3.8, 4) is 11.4 Å². The second kappa shape index (κ2) is 7.66. The van der Waals surface area contributed by atoms with Gasteiger partial charge in [0.25, 0.3) is 0 Å². The van der Waals surface area contributed by atoms with Gasteiger partial charge < -0.3 is 4.90 Å². The van der Waals surface area contributed by atoms with Crippen molar-refractivity contribution in [2.75, 3.05) is 7.05 Å². The molecule has 0 saturated carbocycles. The van der Waals surface area contributed by atoms with E-state index in [4.69, 9.17) is 12.2 Å². The molecule has 2 aromatic carbocycles. The summed E-state index contributed by atoms with van der Waals surface area (Å²) in [7, 11) is 1.81. The number of likely N-dealkylation sites (N-methyl/N-ethyl adjacent to an activating group) is 1. The Hall–Kier alpha value is -2.73. The van der Waals surface area contributed by atoms with Gasteiger partial charge in [-0.15, -0.1) is 0 Å². The number of carbonyl (C=O) groups excluding carboxylic acids is 1. The third kappa shape index (κ3) is 3.75. The van der Waals surface area contributed by atoms with E-state index in [0.29, 0.717) is 10.6 Å². The quantitative estimate of drug-likeness (QED) is 0.691. The number of aromatic amines is 1. The second-order valence-electron chi connectivity index (χ2n) is 6.40. The number of nitrogens with zero attached hydrogens (tertiary/aromatic N) is 3. The van der Waals surface area contributed by atoms with Gasteiger partial charge in [0, 0.05) is 12.6 Å². The van der Waals surface area contributed by atoms with Crippen LogP contribution in [0.25, 0.3) is 11.4 Å². The summed E-state index contributed by atoms with van der Waals surface area (Å²) in [6.07, 6.45) is 0. The van der Waals surface area contributed by atoms with E-state index in [1.807, 2.05) is 75.5 Å². The van der Waals surface area contributed by atoms with Gasteiger partial charge in [-0.2, -0.15) is 5.10 Å². The lowest BCUT2D eigenvalue weighted by Gasteiger charge is -2.25. The lowest BCUT2D eigenvalue weighted by Crippen LogP contribution is -2.32. The molecule has 0 fully saturated rings. The highest BCUT2D eigenvalue weighted by Gasteiger charge is 2.20. The first kappa shape index (κ1) is 18.1. The molecule has 5 nitrogen and oxygen atoms in total. The molecule has 0 bridgehead atoms. The zero-order valence-electron chi connectivity index (χ0n) is 15.1. The summed E-state index contributed by atoms with van der Waals surface area (Å²) in [5.41, 5.74) is 3.19. The molecule has 3 aromatic rings. The van der Waals surface area contributed by atoms with Gasteiger partial charge in [-0.05, 0) is 31.6 Å². The van der Waals surface area contributed by atoms with Crippen molar-refractivity contribution in [2.24, 2.45) is 0 Å². The van der Waals surface area contributed by atoms with Crippen molar-refractivity contribution in [3.05, 3.63) is 70.5 Å². The van der Waals surface area contributed by atoms with Crippen LogP contribution in [0.2, 0.25) is 0 Å². The number of benzene rings is 2. The molecule has 1 atom stereocenters. The van der Waals surface area contributed by atoms with Crippen LogP contribution in [-0.4, -0.2) is 32.6 Å². The molecular weight excluding hydrogens is 344 g/mol. The van der Waals surface area contributed by atoms with E-state index >= 15 is 0 Å². The minimum absolute atomic E-state index is 0.0207. The Kier molecular flexibility index (Phi) is 5.32. The maximum Gasteiger partial charge on any atom is 0.242 e. The summed E-state index contributed by atoms with van der Waals surface area (Å²) in [4.78, 5) is 14.6. The molecule has 6 heteroatoms. The van der Waals surface area contributed by atoms with E-state index in [1.54, 1.807) is 9.47 Å². The predicted octanol–water partition coefficient (Wildman–Crippen LogP) is 4.14. The van der Waals surface area contributed by atoms with Crippen LogP contribution >= 0.6 is 12.2 Å². The maximum atomic E-state index is 12.8. The van der Waals surface area contributed by atoms with Crippen LogP contribution in [-0.2, 0) is 11.3 Å². The average Bonchev–Trinajstić information content (AvgIpc) is 3.02. The number of carbonyl (C=O) groups is 1. The topological polar surface area (TPSA) is 53.9 Å². The fraction of sp³-hybridized carbons (Fsp3) is 0.250. The van der Waals surface area contributed by atoms with Gasteiger partial charge in [0.05, 0.1) is 6.04 Å². The fourth-order valence-electron chi connectivity index (χ4n) is 2.81. The molecule has 0 spiro atoms. The molecule has 0 aliphatic carbocycles. The number of hydrogen-bond acceptors (Lipinski definition) is 3. The fourth-order valence-corrected chi connectivity index (χ4v) is 3.00. The minimum Gasteiger partial charge on any atom is -0.337 e. The van der Waals surface area contributed by atoms with E-state index in [-0.39, 0.29) is 18.5 Å². The van der Waals surface area contributed by atoms with Gasteiger partial charge in [0.2, 0.25) is 5.91 Å². The Bertz CT molecular complexity index is 944. The smallest absolute Gasteiger partial charge is 0.242 e. The van der Waals surface area contributed by atoms with Gasteiger partial charge in [0.1, 0.15) is 6.54 Å². The Morgan fingerprint density at radius 2 is 1.85 bits per heavy atom. The number of hydrogen-bond donors (Lipinski definition) is 1. The molecule has 1 amide bonds. The summed E-state index contributed by atoms with van der Waals surface area (Å²) in [5, 5.41) is 7.11. The molecule has 134 valence electrons. The van der Waals surface area contributed by atoms with E-state index < -0.39 is 0 Å². The average molecular weight is 366 g/mol. The molecular formula is C20H22N4OS. The second-order valence-corrected chi connectivity index (χ2v) is 6.78. The third-order valence-electron chi connectivity index (χ3n) is 4.62. The maximum absolute atomic E-state index is 12.8. The van der Waals surface area contributed by atoms with Crippen molar-refractivity contribution < 1.29 is 4.79 Å². The SMILES string of the molecule is Cc1ccc(-c2n[nH]c(=S)n2CC(=O)N(C)[C@H](C)c2ccccc2)cc1. The third-order valence-corrected chi connectivity index (χ3v) is 4.93. The Morgan fingerprint density at radius 3 is 2.50 bits per heavy atom. The summed E-state index contributed by atoms with van der Waals surface area (Å²) in [6, 6.07) is 18.0. The predicted molar refractivity (Wildman–Crippen MR) is 105 cm³/mol. The molecule has 0 aliphatic heterocycles. The lowest BCUT2D eigenvalue weighted by atomic mass is 10.1. The van der Waals surface area contributed by atoms with Gasteiger partial charge in [-0.1, -0.05) is 60.2 Å². The van der Waals surface area contributed by atoms with E-state index in [1.165, 1.54) is 5.56 Å². The molecule has 0 radical (unpaired) electrons. The van der Waals surface area contributed by atoms with Gasteiger partial charge in [-0.3, -0.25) is 14.5 Å². The van der Waals surface area contributed by atoms with Crippen LogP contribution in [0.15, 0.2) is 54.6 Å². The molecule has 0 saturated heterocycles. The first-order chi connectivity index (χ1) is 12.5. The first-order valence-electron chi connectivity index (χ1n) is 8.50. The van der Waals surface area contributed by atoms with Gasteiger partial charge in [0.15, 0.2) is 10.6 Å². The van der Waals surface area contributed by atoms with E-state index in [9.17, 15) is 4.79 Å². The molecule has 26 heavy (non-hydrogen) atoms. The molecule has 1 aromatic heterocycles. The van der Waals surface area contributed by atoms with E-state index in [0.717, 1.165) is 11.1 Å². The summed E-state index contributed by atoms with van der Waals surface area (Å²) < 4.78 is 2.19. The Balaban J connectivity index is 1.82. The van der Waals surface area contributed by atoms with Crippen molar-refractivity contribution in [2.45, 2.75) is 26.4 Å². The van der Waals surface area contributed by atoms with E-state index in [2.05, 4.69) is 10.2 Å².